The molecule has 37 heavy (non-hydrogen) atoms. The van der Waals surface area contributed by atoms with Gasteiger partial charge in [-0.25, -0.2) is 8.42 Å². The molecule has 3 aromatic carbocycles. The van der Waals surface area contributed by atoms with Crippen LogP contribution in [0.1, 0.15) is 11.1 Å². The fraction of sp³-hybridized carbons (Fsp3) is 0.231. The number of carbonyl (C=O) groups excluding carboxylic acids is 2. The van der Waals surface area contributed by atoms with Crippen LogP contribution in [0.25, 0.3) is 0 Å². The van der Waals surface area contributed by atoms with E-state index in [0.29, 0.717) is 10.0 Å². The second-order valence-electron chi connectivity index (χ2n) is 8.33. The molecule has 0 aliphatic heterocycles. The van der Waals surface area contributed by atoms with Crippen LogP contribution in [0.15, 0.2) is 72.8 Å². The Morgan fingerprint density at radius 1 is 0.892 bits per heavy atom. The molecule has 0 bridgehead atoms. The predicted molar refractivity (Wildman–Crippen MR) is 149 cm³/mol. The van der Waals surface area contributed by atoms with Crippen LogP contribution in [-0.4, -0.2) is 51.0 Å². The van der Waals surface area contributed by atoms with Gasteiger partial charge in [0.1, 0.15) is 12.6 Å². The summed E-state index contributed by atoms with van der Waals surface area (Å²) in [5.74, 6) is -0.975. The minimum atomic E-state index is -3.93. The van der Waals surface area contributed by atoms with Crippen molar-refractivity contribution in [2.24, 2.45) is 0 Å². The van der Waals surface area contributed by atoms with Crippen molar-refractivity contribution in [2.45, 2.75) is 19.0 Å². The molecule has 0 heterocycles. The number of amides is 2. The van der Waals surface area contributed by atoms with E-state index in [1.807, 2.05) is 30.3 Å². The highest BCUT2D eigenvalue weighted by atomic mass is 35.5. The van der Waals surface area contributed by atoms with E-state index in [4.69, 9.17) is 34.8 Å². The fourth-order valence-electron chi connectivity index (χ4n) is 3.79. The lowest BCUT2D eigenvalue weighted by Crippen LogP contribution is -2.52. The number of hydrogen-bond acceptors (Lipinski definition) is 4. The Kier molecular flexibility index (Phi) is 9.84. The number of carbonyl (C=O) groups is 2. The first-order valence-corrected chi connectivity index (χ1v) is 14.2. The number of hydrogen-bond donors (Lipinski definition) is 1. The van der Waals surface area contributed by atoms with E-state index in [-0.39, 0.29) is 29.6 Å². The van der Waals surface area contributed by atoms with Gasteiger partial charge in [0.2, 0.25) is 21.8 Å². The molecule has 0 fully saturated rings. The molecule has 2 amide bonds. The fourth-order valence-corrected chi connectivity index (χ4v) is 5.33. The van der Waals surface area contributed by atoms with Crippen molar-refractivity contribution < 1.29 is 18.0 Å². The molecular formula is C26H26Cl3N3O4S. The second kappa shape index (κ2) is 12.6. The van der Waals surface area contributed by atoms with Crippen LogP contribution in [0.2, 0.25) is 15.1 Å². The molecule has 0 unspecified atom stereocenters. The van der Waals surface area contributed by atoms with E-state index < -0.39 is 28.5 Å². The van der Waals surface area contributed by atoms with Crippen LogP contribution in [0.5, 0.6) is 0 Å². The lowest BCUT2D eigenvalue weighted by Gasteiger charge is -2.33. The zero-order chi connectivity index (χ0) is 27.2. The molecule has 7 nitrogen and oxygen atoms in total. The molecule has 3 rings (SSSR count). The van der Waals surface area contributed by atoms with E-state index in [2.05, 4.69) is 5.32 Å². The van der Waals surface area contributed by atoms with Gasteiger partial charge in [0.05, 0.1) is 17.0 Å². The third-order valence-corrected chi connectivity index (χ3v) is 7.56. The standard InChI is InChI=1S/C26H26Cl3N3O4S/c1-30-26(34)24(14-18-6-4-3-5-7-18)31(16-19-8-10-20(27)11-9-19)25(33)17-32(37(2,35)36)23-13-12-21(28)15-22(23)29/h3-13,15,24H,14,16-17H2,1-2H3,(H,30,34)/t24-/m1/s1. The largest absolute Gasteiger partial charge is 0.357 e. The van der Waals surface area contributed by atoms with E-state index in [1.165, 1.54) is 30.1 Å². The van der Waals surface area contributed by atoms with Gasteiger partial charge < -0.3 is 10.2 Å². The van der Waals surface area contributed by atoms with Crippen LogP contribution >= 0.6 is 34.8 Å². The van der Waals surface area contributed by atoms with Crippen molar-refractivity contribution in [1.29, 1.82) is 0 Å². The van der Waals surface area contributed by atoms with Gasteiger partial charge in [0.25, 0.3) is 0 Å². The van der Waals surface area contributed by atoms with E-state index in [1.54, 1.807) is 24.3 Å². The number of halogens is 3. The Labute approximate surface area is 232 Å². The number of benzene rings is 3. The number of sulfonamides is 1. The van der Waals surface area contributed by atoms with Gasteiger partial charge >= 0.3 is 0 Å². The highest BCUT2D eigenvalue weighted by Crippen LogP contribution is 2.30. The lowest BCUT2D eigenvalue weighted by molar-refractivity contribution is -0.139. The Bertz CT molecular complexity index is 1350. The summed E-state index contributed by atoms with van der Waals surface area (Å²) in [6, 6.07) is 19.5. The molecule has 0 aliphatic carbocycles. The Morgan fingerprint density at radius 2 is 1.51 bits per heavy atom. The molecule has 0 radical (unpaired) electrons. The third-order valence-electron chi connectivity index (χ3n) is 5.64. The number of anilines is 1. The maximum atomic E-state index is 13.8. The van der Waals surface area contributed by atoms with Gasteiger partial charge in [-0.2, -0.15) is 0 Å². The maximum Gasteiger partial charge on any atom is 0.244 e. The van der Waals surface area contributed by atoms with Gasteiger partial charge in [-0.15, -0.1) is 0 Å². The molecule has 0 spiro atoms. The van der Waals surface area contributed by atoms with Crippen molar-refractivity contribution in [2.75, 3.05) is 24.2 Å². The van der Waals surface area contributed by atoms with Gasteiger partial charge in [0.15, 0.2) is 0 Å². The summed E-state index contributed by atoms with van der Waals surface area (Å²) in [6.45, 7) is -0.525. The Hall–Kier alpha value is -2.78. The average Bonchev–Trinajstić information content (AvgIpc) is 2.85. The van der Waals surface area contributed by atoms with Crippen molar-refractivity contribution in [3.8, 4) is 0 Å². The van der Waals surface area contributed by atoms with Crippen LogP contribution in [-0.2, 0) is 32.6 Å². The quantitative estimate of drug-likeness (QED) is 0.372. The first kappa shape index (κ1) is 28.8. The van der Waals surface area contributed by atoms with E-state index in [0.717, 1.165) is 21.7 Å². The van der Waals surface area contributed by atoms with E-state index >= 15 is 0 Å². The summed E-state index contributed by atoms with van der Waals surface area (Å²) in [5, 5.41) is 3.54. The molecule has 11 heteroatoms. The Morgan fingerprint density at radius 3 is 2.08 bits per heavy atom. The molecule has 1 N–H and O–H groups in total. The predicted octanol–water partition coefficient (Wildman–Crippen LogP) is 4.80. The van der Waals surface area contributed by atoms with Gasteiger partial charge in [-0.1, -0.05) is 77.3 Å². The van der Waals surface area contributed by atoms with Gasteiger partial charge in [-0.3, -0.25) is 13.9 Å². The summed E-state index contributed by atoms with van der Waals surface area (Å²) in [7, 11) is -2.44. The van der Waals surface area contributed by atoms with Crippen LogP contribution in [0.3, 0.4) is 0 Å². The minimum Gasteiger partial charge on any atom is -0.357 e. The normalized spacial score (nSPS) is 12.0. The van der Waals surface area contributed by atoms with Crippen molar-refractivity contribution in [3.05, 3.63) is 99.0 Å². The molecule has 0 saturated heterocycles. The number of nitrogens with one attached hydrogen (secondary N) is 1. The van der Waals surface area contributed by atoms with Crippen molar-refractivity contribution in [1.82, 2.24) is 10.2 Å². The molecule has 0 aromatic heterocycles. The lowest BCUT2D eigenvalue weighted by atomic mass is 10.0. The summed E-state index contributed by atoms with van der Waals surface area (Å²) < 4.78 is 26.4. The maximum absolute atomic E-state index is 13.8. The first-order valence-electron chi connectivity index (χ1n) is 11.2. The average molecular weight is 583 g/mol. The number of likely N-dealkylation sites (N-methyl/N-ethyl adjacent to an activating group) is 1. The van der Waals surface area contributed by atoms with Gasteiger partial charge in [-0.05, 0) is 41.5 Å². The molecule has 0 aliphatic rings. The van der Waals surface area contributed by atoms with Crippen molar-refractivity contribution in [3.63, 3.8) is 0 Å². The SMILES string of the molecule is CNC(=O)[C@@H](Cc1ccccc1)N(Cc1ccc(Cl)cc1)C(=O)CN(c1ccc(Cl)cc1Cl)S(C)(=O)=O. The molecule has 0 saturated carbocycles. The monoisotopic (exact) mass is 581 g/mol. The molecule has 1 atom stereocenters. The minimum absolute atomic E-state index is 0.0485. The summed E-state index contributed by atoms with van der Waals surface area (Å²) in [4.78, 5) is 28.2. The van der Waals surface area contributed by atoms with Crippen molar-refractivity contribution >= 4 is 62.3 Å². The summed E-state index contributed by atoms with van der Waals surface area (Å²) in [5.41, 5.74) is 1.66. The van der Waals surface area contributed by atoms with Crippen LogP contribution in [0, 0.1) is 0 Å². The van der Waals surface area contributed by atoms with Crippen LogP contribution in [0.4, 0.5) is 5.69 Å². The third kappa shape index (κ3) is 7.85. The molecule has 3 aromatic rings. The second-order valence-corrected chi connectivity index (χ2v) is 11.5. The number of nitrogens with zero attached hydrogens (tertiary/aromatic N) is 2. The smallest absolute Gasteiger partial charge is 0.244 e. The Balaban J connectivity index is 2.04. The molecular weight excluding hydrogens is 557 g/mol. The number of rotatable bonds is 10. The summed E-state index contributed by atoms with van der Waals surface area (Å²) in [6.07, 6.45) is 1.20. The highest BCUT2D eigenvalue weighted by Gasteiger charge is 2.33. The zero-order valence-corrected chi connectivity index (χ0v) is 23.3. The highest BCUT2D eigenvalue weighted by molar-refractivity contribution is 7.92. The van der Waals surface area contributed by atoms with Gasteiger partial charge in [0, 0.05) is 30.1 Å². The topological polar surface area (TPSA) is 86.8 Å². The molecule has 196 valence electrons. The van der Waals surface area contributed by atoms with E-state index in [9.17, 15) is 18.0 Å². The van der Waals surface area contributed by atoms with Crippen LogP contribution < -0.4 is 9.62 Å². The zero-order valence-electron chi connectivity index (χ0n) is 20.2. The first-order chi connectivity index (χ1) is 17.5. The summed E-state index contributed by atoms with van der Waals surface area (Å²) >= 11 is 18.3.